The van der Waals surface area contributed by atoms with Gasteiger partial charge >= 0.3 is 0 Å². The Labute approximate surface area is 123 Å². The van der Waals surface area contributed by atoms with E-state index in [1.807, 2.05) is 24.3 Å². The molecule has 0 aromatic heterocycles. The number of halogens is 1. The quantitative estimate of drug-likeness (QED) is 0.907. The molecule has 1 heterocycles. The lowest BCUT2D eigenvalue weighted by Gasteiger charge is -2.34. The van der Waals surface area contributed by atoms with E-state index in [2.05, 4.69) is 0 Å². The highest BCUT2D eigenvalue weighted by molar-refractivity contribution is 6.30. The molecule has 0 radical (unpaired) electrons. The van der Waals surface area contributed by atoms with Gasteiger partial charge in [-0.05, 0) is 17.7 Å². The Balaban J connectivity index is 2.01. The van der Waals surface area contributed by atoms with Gasteiger partial charge in [0.2, 0.25) is 5.91 Å². The first kappa shape index (κ1) is 15.3. The summed E-state index contributed by atoms with van der Waals surface area (Å²) in [7, 11) is 1.53. The lowest BCUT2D eigenvalue weighted by molar-refractivity contribution is -0.141. The number of methoxy groups -OCH3 is 1. The summed E-state index contributed by atoms with van der Waals surface area (Å²) in [5.41, 5.74) is 6.79. The van der Waals surface area contributed by atoms with Crippen molar-refractivity contribution in [3.8, 4) is 0 Å². The van der Waals surface area contributed by atoms with E-state index in [4.69, 9.17) is 26.8 Å². The van der Waals surface area contributed by atoms with Crippen LogP contribution in [0.5, 0.6) is 0 Å². The summed E-state index contributed by atoms with van der Waals surface area (Å²) in [6, 6.07) is 6.84. The molecule has 0 spiro atoms. The minimum absolute atomic E-state index is 0.103. The van der Waals surface area contributed by atoms with Crippen molar-refractivity contribution in [3.63, 3.8) is 0 Å². The second-order valence-electron chi connectivity index (χ2n) is 4.76. The van der Waals surface area contributed by atoms with Crippen molar-refractivity contribution in [3.05, 3.63) is 34.9 Å². The molecule has 1 fully saturated rings. The molecule has 1 aromatic carbocycles. The Hall–Kier alpha value is -1.14. The van der Waals surface area contributed by atoms with Crippen molar-refractivity contribution in [2.24, 2.45) is 5.73 Å². The van der Waals surface area contributed by atoms with Crippen LogP contribution in [0.3, 0.4) is 0 Å². The predicted molar refractivity (Wildman–Crippen MR) is 76.6 cm³/mol. The van der Waals surface area contributed by atoms with E-state index in [0.29, 0.717) is 24.7 Å². The fraction of sp³-hybridized carbons (Fsp3) is 0.500. The Bertz CT molecular complexity index is 452. The molecule has 1 aliphatic heterocycles. The van der Waals surface area contributed by atoms with Gasteiger partial charge in [0, 0.05) is 18.7 Å². The maximum absolute atomic E-state index is 12.2. The number of carbonyl (C=O) groups is 1. The second kappa shape index (κ2) is 7.04. The van der Waals surface area contributed by atoms with Gasteiger partial charge in [-0.1, -0.05) is 23.7 Å². The van der Waals surface area contributed by atoms with E-state index in [9.17, 15) is 4.79 Å². The van der Waals surface area contributed by atoms with Gasteiger partial charge < -0.3 is 20.1 Å². The number of hydrogen-bond acceptors (Lipinski definition) is 4. The molecule has 2 rings (SSSR count). The average Bonchev–Trinajstić information content (AvgIpc) is 2.47. The van der Waals surface area contributed by atoms with Gasteiger partial charge in [-0.15, -0.1) is 0 Å². The van der Waals surface area contributed by atoms with Crippen molar-refractivity contribution in [1.29, 1.82) is 0 Å². The zero-order valence-corrected chi connectivity index (χ0v) is 12.2. The van der Waals surface area contributed by atoms with E-state index >= 15 is 0 Å². The molecule has 2 N–H and O–H groups in total. The topological polar surface area (TPSA) is 64.8 Å². The molecule has 6 heteroatoms. The number of rotatable bonds is 4. The van der Waals surface area contributed by atoms with Crippen LogP contribution in [-0.2, 0) is 14.3 Å². The molecule has 2 unspecified atom stereocenters. The molecule has 1 aromatic rings. The van der Waals surface area contributed by atoms with Gasteiger partial charge in [-0.2, -0.15) is 0 Å². The number of ether oxygens (including phenoxy) is 2. The second-order valence-corrected chi connectivity index (χ2v) is 5.19. The molecular formula is C14H19ClN2O3. The Kier molecular flexibility index (Phi) is 5.37. The van der Waals surface area contributed by atoms with E-state index < -0.39 is 6.04 Å². The Morgan fingerprint density at radius 1 is 1.55 bits per heavy atom. The van der Waals surface area contributed by atoms with E-state index in [0.717, 1.165) is 5.56 Å². The van der Waals surface area contributed by atoms with Crippen LogP contribution in [0.2, 0.25) is 5.02 Å². The van der Waals surface area contributed by atoms with E-state index in [-0.39, 0.29) is 18.6 Å². The maximum Gasteiger partial charge on any atom is 0.242 e. The van der Waals surface area contributed by atoms with Crippen molar-refractivity contribution in [1.82, 2.24) is 4.90 Å². The molecule has 0 bridgehead atoms. The van der Waals surface area contributed by atoms with Crippen LogP contribution in [0.4, 0.5) is 0 Å². The average molecular weight is 299 g/mol. The number of hydrogen-bond donors (Lipinski definition) is 1. The first-order valence-corrected chi connectivity index (χ1v) is 6.90. The molecule has 110 valence electrons. The third-order valence-corrected chi connectivity index (χ3v) is 3.54. The summed E-state index contributed by atoms with van der Waals surface area (Å²) in [5.74, 6) is -0.103. The van der Waals surface area contributed by atoms with Crippen LogP contribution in [0.1, 0.15) is 11.7 Å². The molecule has 0 aliphatic carbocycles. The van der Waals surface area contributed by atoms with Crippen LogP contribution in [0.15, 0.2) is 24.3 Å². The maximum atomic E-state index is 12.2. The number of amides is 1. The van der Waals surface area contributed by atoms with Gasteiger partial charge in [-0.3, -0.25) is 4.79 Å². The van der Waals surface area contributed by atoms with Gasteiger partial charge in [0.1, 0.15) is 12.1 Å². The van der Waals surface area contributed by atoms with Crippen LogP contribution in [0, 0.1) is 0 Å². The lowest BCUT2D eigenvalue weighted by Crippen LogP contribution is -2.50. The van der Waals surface area contributed by atoms with Crippen molar-refractivity contribution >= 4 is 17.5 Å². The normalized spacial score (nSPS) is 20.8. The summed E-state index contributed by atoms with van der Waals surface area (Å²) < 4.78 is 10.6. The summed E-state index contributed by atoms with van der Waals surface area (Å²) in [6.07, 6.45) is -0.139. The third kappa shape index (κ3) is 3.70. The van der Waals surface area contributed by atoms with Crippen LogP contribution < -0.4 is 5.73 Å². The number of benzene rings is 1. The van der Waals surface area contributed by atoms with Gasteiger partial charge in [0.15, 0.2) is 0 Å². The monoisotopic (exact) mass is 298 g/mol. The number of nitrogens with two attached hydrogens (primary N) is 1. The summed E-state index contributed by atoms with van der Waals surface area (Å²) in [6.45, 7) is 1.78. The summed E-state index contributed by atoms with van der Waals surface area (Å²) in [5, 5.41) is 0.680. The van der Waals surface area contributed by atoms with Crippen LogP contribution >= 0.6 is 11.6 Å². The Morgan fingerprint density at radius 3 is 2.90 bits per heavy atom. The minimum Gasteiger partial charge on any atom is -0.383 e. The van der Waals surface area contributed by atoms with Crippen molar-refractivity contribution in [2.75, 3.05) is 33.4 Å². The van der Waals surface area contributed by atoms with E-state index in [1.165, 1.54) is 7.11 Å². The largest absolute Gasteiger partial charge is 0.383 e. The first-order valence-electron chi connectivity index (χ1n) is 6.52. The van der Waals surface area contributed by atoms with Gasteiger partial charge in [0.05, 0.1) is 19.8 Å². The highest BCUT2D eigenvalue weighted by atomic mass is 35.5. The van der Waals surface area contributed by atoms with Gasteiger partial charge in [0.25, 0.3) is 0 Å². The smallest absolute Gasteiger partial charge is 0.242 e. The first-order chi connectivity index (χ1) is 9.61. The molecular weight excluding hydrogens is 280 g/mol. The minimum atomic E-state index is -0.621. The predicted octanol–water partition coefficient (Wildman–Crippen LogP) is 1.21. The van der Waals surface area contributed by atoms with Crippen molar-refractivity contribution in [2.45, 2.75) is 12.1 Å². The van der Waals surface area contributed by atoms with Crippen molar-refractivity contribution < 1.29 is 14.3 Å². The molecule has 1 aliphatic rings. The number of nitrogens with zero attached hydrogens (tertiary/aromatic N) is 1. The molecule has 0 saturated carbocycles. The molecule has 2 atom stereocenters. The van der Waals surface area contributed by atoms with Crippen LogP contribution in [-0.4, -0.2) is 50.3 Å². The number of morpholine rings is 1. The zero-order valence-electron chi connectivity index (χ0n) is 11.4. The highest BCUT2D eigenvalue weighted by Gasteiger charge is 2.28. The highest BCUT2D eigenvalue weighted by Crippen LogP contribution is 2.23. The summed E-state index contributed by atoms with van der Waals surface area (Å²) in [4.78, 5) is 13.9. The fourth-order valence-corrected chi connectivity index (χ4v) is 2.34. The number of carbonyl (C=O) groups excluding carboxylic acids is 1. The Morgan fingerprint density at radius 2 is 2.25 bits per heavy atom. The SMILES string of the molecule is COCC(N)C(=O)N1CCOC(c2ccc(Cl)cc2)C1. The zero-order chi connectivity index (χ0) is 14.5. The third-order valence-electron chi connectivity index (χ3n) is 3.28. The lowest BCUT2D eigenvalue weighted by atomic mass is 10.1. The molecule has 1 amide bonds. The fourth-order valence-electron chi connectivity index (χ4n) is 2.21. The van der Waals surface area contributed by atoms with E-state index in [1.54, 1.807) is 4.90 Å². The summed E-state index contributed by atoms with van der Waals surface area (Å²) >= 11 is 5.87. The standard InChI is InChI=1S/C14H19ClN2O3/c1-19-9-12(16)14(18)17-6-7-20-13(8-17)10-2-4-11(15)5-3-10/h2-5,12-13H,6-9,16H2,1H3. The molecule has 5 nitrogen and oxygen atoms in total. The van der Waals surface area contributed by atoms with Crippen LogP contribution in [0.25, 0.3) is 0 Å². The molecule has 20 heavy (non-hydrogen) atoms. The van der Waals surface area contributed by atoms with Gasteiger partial charge in [-0.25, -0.2) is 0 Å². The molecule has 1 saturated heterocycles.